The van der Waals surface area contributed by atoms with Crippen LogP contribution in [0.15, 0.2) is 6.07 Å². The van der Waals surface area contributed by atoms with Crippen molar-refractivity contribution in [3.63, 3.8) is 0 Å². The number of aryl methyl sites for hydroxylation is 1. The zero-order valence-corrected chi connectivity index (χ0v) is 10.8. The Kier molecular flexibility index (Phi) is 3.37. The van der Waals surface area contributed by atoms with Crippen LogP contribution in [0.2, 0.25) is 0 Å². The van der Waals surface area contributed by atoms with Crippen LogP contribution in [0, 0.1) is 12.3 Å². The fourth-order valence-electron chi connectivity index (χ4n) is 1.99. The third-order valence-electron chi connectivity index (χ3n) is 3.32. The van der Waals surface area contributed by atoms with E-state index in [1.54, 1.807) is 13.0 Å². The number of aromatic nitrogens is 2. The zero-order valence-electron chi connectivity index (χ0n) is 10.8. The van der Waals surface area contributed by atoms with E-state index in [1.807, 2.05) is 0 Å². The highest BCUT2D eigenvalue weighted by atomic mass is 16.5. The number of amides is 1. The molecule has 0 spiro atoms. The summed E-state index contributed by atoms with van der Waals surface area (Å²) in [5.41, 5.74) is -0.708. The van der Waals surface area contributed by atoms with Gasteiger partial charge in [0, 0.05) is 11.8 Å². The molecule has 1 saturated carbocycles. The van der Waals surface area contributed by atoms with Crippen LogP contribution >= 0.6 is 0 Å². The van der Waals surface area contributed by atoms with Gasteiger partial charge in [-0.05, 0) is 19.8 Å². The average molecular weight is 265 g/mol. The summed E-state index contributed by atoms with van der Waals surface area (Å²) in [5, 5.41) is 11.6. The number of carboxylic acids is 1. The van der Waals surface area contributed by atoms with Crippen molar-refractivity contribution < 1.29 is 19.4 Å². The van der Waals surface area contributed by atoms with Crippen LogP contribution in [0.25, 0.3) is 0 Å². The van der Waals surface area contributed by atoms with Gasteiger partial charge in [-0.1, -0.05) is 6.42 Å². The van der Waals surface area contributed by atoms with Crippen LogP contribution in [0.3, 0.4) is 0 Å². The molecule has 7 nitrogen and oxygen atoms in total. The lowest BCUT2D eigenvalue weighted by molar-refractivity contribution is -0.159. The van der Waals surface area contributed by atoms with Gasteiger partial charge in [0.2, 0.25) is 17.7 Å². The molecule has 2 N–H and O–H groups in total. The van der Waals surface area contributed by atoms with Crippen LogP contribution in [0.1, 0.15) is 25.0 Å². The van der Waals surface area contributed by atoms with E-state index in [2.05, 4.69) is 15.3 Å². The van der Waals surface area contributed by atoms with Gasteiger partial charge in [0.1, 0.15) is 5.41 Å². The molecule has 19 heavy (non-hydrogen) atoms. The molecule has 1 heterocycles. The minimum atomic E-state index is -1.33. The van der Waals surface area contributed by atoms with Crippen LogP contribution in [-0.4, -0.2) is 34.1 Å². The molecule has 0 unspecified atom stereocenters. The molecule has 1 aromatic heterocycles. The lowest BCUT2D eigenvalue weighted by atomic mass is 9.68. The van der Waals surface area contributed by atoms with Crippen molar-refractivity contribution >= 4 is 17.8 Å². The maximum absolute atomic E-state index is 12.1. The largest absolute Gasteiger partial charge is 0.481 e. The first-order valence-electron chi connectivity index (χ1n) is 5.92. The molecule has 0 bridgehead atoms. The number of hydrogen-bond acceptors (Lipinski definition) is 5. The van der Waals surface area contributed by atoms with Gasteiger partial charge < -0.3 is 9.84 Å². The van der Waals surface area contributed by atoms with Gasteiger partial charge in [0.15, 0.2) is 0 Å². The fourth-order valence-corrected chi connectivity index (χ4v) is 1.99. The third kappa shape index (κ3) is 2.35. The van der Waals surface area contributed by atoms with E-state index in [-0.39, 0.29) is 5.95 Å². The highest BCUT2D eigenvalue weighted by Crippen LogP contribution is 2.42. The minimum absolute atomic E-state index is 0.0642. The van der Waals surface area contributed by atoms with Crippen molar-refractivity contribution in [2.24, 2.45) is 5.41 Å². The molecule has 0 aliphatic heterocycles. The van der Waals surface area contributed by atoms with Crippen molar-refractivity contribution in [2.45, 2.75) is 26.2 Å². The second-order valence-corrected chi connectivity index (χ2v) is 4.57. The first-order chi connectivity index (χ1) is 8.98. The molecule has 102 valence electrons. The first kappa shape index (κ1) is 13.3. The molecular formula is C12H15N3O4. The zero-order chi connectivity index (χ0) is 14.0. The number of methoxy groups -OCH3 is 1. The number of carbonyl (C=O) groups is 2. The highest BCUT2D eigenvalue weighted by Gasteiger charge is 2.51. The van der Waals surface area contributed by atoms with Gasteiger partial charge in [-0.2, -0.15) is 4.98 Å². The molecule has 1 aromatic rings. The van der Waals surface area contributed by atoms with Gasteiger partial charge in [0.05, 0.1) is 7.11 Å². The summed E-state index contributed by atoms with van der Waals surface area (Å²) in [5.74, 6) is -1.29. The molecular weight excluding hydrogens is 250 g/mol. The second kappa shape index (κ2) is 4.83. The summed E-state index contributed by atoms with van der Waals surface area (Å²) in [4.78, 5) is 31.3. The van der Waals surface area contributed by atoms with Crippen molar-refractivity contribution in [1.29, 1.82) is 0 Å². The van der Waals surface area contributed by atoms with Gasteiger partial charge in [-0.25, -0.2) is 4.98 Å². The summed E-state index contributed by atoms with van der Waals surface area (Å²) in [7, 11) is 1.46. The van der Waals surface area contributed by atoms with Gasteiger partial charge in [-0.3, -0.25) is 14.9 Å². The number of rotatable bonds is 4. The Morgan fingerprint density at radius 1 is 1.42 bits per heavy atom. The number of nitrogens with one attached hydrogen (secondary N) is 1. The number of anilines is 1. The van der Waals surface area contributed by atoms with E-state index in [4.69, 9.17) is 9.84 Å². The Balaban J connectivity index is 2.19. The maximum atomic E-state index is 12.1. The van der Waals surface area contributed by atoms with Crippen molar-refractivity contribution in [2.75, 3.05) is 12.4 Å². The van der Waals surface area contributed by atoms with E-state index in [1.165, 1.54) is 7.11 Å². The number of hydrogen-bond donors (Lipinski definition) is 2. The quantitative estimate of drug-likeness (QED) is 0.787. The Morgan fingerprint density at radius 2 is 2.11 bits per heavy atom. The number of ether oxygens (including phenoxy) is 1. The molecule has 1 amide bonds. The molecule has 0 atom stereocenters. The predicted molar refractivity (Wildman–Crippen MR) is 65.9 cm³/mol. The van der Waals surface area contributed by atoms with Crippen molar-refractivity contribution in [3.8, 4) is 5.88 Å². The molecule has 0 radical (unpaired) electrons. The minimum Gasteiger partial charge on any atom is -0.481 e. The summed E-state index contributed by atoms with van der Waals surface area (Å²) >= 11 is 0. The lowest BCUT2D eigenvalue weighted by Crippen LogP contribution is -2.48. The monoisotopic (exact) mass is 265 g/mol. The number of nitrogens with zero attached hydrogens (tertiary/aromatic N) is 2. The van der Waals surface area contributed by atoms with Crippen LogP contribution in [-0.2, 0) is 9.59 Å². The Morgan fingerprint density at radius 3 is 2.58 bits per heavy atom. The molecule has 0 saturated heterocycles. The van der Waals surface area contributed by atoms with E-state index >= 15 is 0 Å². The van der Waals surface area contributed by atoms with Crippen molar-refractivity contribution in [1.82, 2.24) is 9.97 Å². The lowest BCUT2D eigenvalue weighted by Gasteiger charge is -2.35. The van der Waals surface area contributed by atoms with Gasteiger partial charge in [-0.15, -0.1) is 0 Å². The van der Waals surface area contributed by atoms with Crippen LogP contribution < -0.4 is 10.1 Å². The second-order valence-electron chi connectivity index (χ2n) is 4.57. The predicted octanol–water partition coefficient (Wildman–Crippen LogP) is 0.987. The number of carboxylic acid groups (broad SMARTS) is 1. The van der Waals surface area contributed by atoms with Gasteiger partial charge >= 0.3 is 5.97 Å². The molecule has 1 fully saturated rings. The fraction of sp³-hybridized carbons (Fsp3) is 0.500. The maximum Gasteiger partial charge on any atom is 0.319 e. The third-order valence-corrected chi connectivity index (χ3v) is 3.32. The smallest absolute Gasteiger partial charge is 0.319 e. The van der Waals surface area contributed by atoms with E-state index in [0.29, 0.717) is 24.4 Å². The molecule has 0 aromatic carbocycles. The Labute approximate surface area is 110 Å². The molecule has 7 heteroatoms. The molecule has 1 aliphatic carbocycles. The van der Waals surface area contributed by atoms with Crippen LogP contribution in [0.4, 0.5) is 5.95 Å². The normalized spacial score (nSPS) is 16.3. The van der Waals surface area contributed by atoms with E-state index in [9.17, 15) is 9.59 Å². The summed E-state index contributed by atoms with van der Waals surface area (Å²) in [6, 6.07) is 1.62. The summed E-state index contributed by atoms with van der Waals surface area (Å²) in [6.07, 6.45) is 1.42. The number of aliphatic carboxylic acids is 1. The van der Waals surface area contributed by atoms with E-state index in [0.717, 1.165) is 6.42 Å². The SMILES string of the molecule is COc1cc(C)nc(NC(=O)C2(C(=O)O)CCC2)n1. The Bertz CT molecular complexity index is 526. The van der Waals surface area contributed by atoms with Gasteiger partial charge in [0.25, 0.3) is 0 Å². The molecule has 2 rings (SSSR count). The summed E-state index contributed by atoms with van der Waals surface area (Å²) < 4.78 is 4.97. The Hall–Kier alpha value is -2.18. The van der Waals surface area contributed by atoms with E-state index < -0.39 is 17.3 Å². The van der Waals surface area contributed by atoms with Crippen molar-refractivity contribution in [3.05, 3.63) is 11.8 Å². The first-order valence-corrected chi connectivity index (χ1v) is 5.92. The average Bonchev–Trinajstić information content (AvgIpc) is 2.25. The van der Waals surface area contributed by atoms with Crippen LogP contribution in [0.5, 0.6) is 5.88 Å². The highest BCUT2D eigenvalue weighted by molar-refractivity contribution is 6.08. The summed E-state index contributed by atoms with van der Waals surface area (Å²) in [6.45, 7) is 1.73. The topological polar surface area (TPSA) is 101 Å². The number of carbonyl (C=O) groups excluding carboxylic acids is 1. The molecule has 1 aliphatic rings. The standard InChI is InChI=1S/C12H15N3O4/c1-7-6-8(19-2)14-11(13-7)15-9(16)12(10(17)18)4-3-5-12/h6H,3-5H2,1-2H3,(H,17,18)(H,13,14,15,16).